The Morgan fingerprint density at radius 3 is 2.69 bits per heavy atom. The van der Waals surface area contributed by atoms with Gasteiger partial charge in [-0.05, 0) is 11.5 Å². The van der Waals surface area contributed by atoms with Crippen LogP contribution in [0.3, 0.4) is 0 Å². The van der Waals surface area contributed by atoms with Crippen molar-refractivity contribution in [1.29, 1.82) is 0 Å². The molecule has 0 saturated carbocycles. The summed E-state index contributed by atoms with van der Waals surface area (Å²) >= 11 is 0. The number of fused-ring (bicyclic) bond motifs is 1. The van der Waals surface area contributed by atoms with Crippen molar-refractivity contribution >= 4 is 16.7 Å². The summed E-state index contributed by atoms with van der Waals surface area (Å²) in [5.74, 6) is 0.180. The second-order valence-corrected chi connectivity index (χ2v) is 3.38. The van der Waals surface area contributed by atoms with Gasteiger partial charge < -0.3 is 9.47 Å². The predicted molar refractivity (Wildman–Crippen MR) is 61.5 cm³/mol. The third-order valence-corrected chi connectivity index (χ3v) is 2.24. The molecule has 3 nitrogen and oxygen atoms in total. The van der Waals surface area contributed by atoms with Crippen molar-refractivity contribution in [2.75, 3.05) is 13.7 Å². The van der Waals surface area contributed by atoms with Gasteiger partial charge >= 0.3 is 5.97 Å². The summed E-state index contributed by atoms with van der Waals surface area (Å²) in [6.45, 7) is -0.0385. The molecule has 16 heavy (non-hydrogen) atoms. The zero-order valence-electron chi connectivity index (χ0n) is 8.97. The highest BCUT2D eigenvalue weighted by Gasteiger charge is 2.06. The van der Waals surface area contributed by atoms with Gasteiger partial charge in [0.05, 0.1) is 0 Å². The molecule has 0 saturated heterocycles. The molecule has 0 spiro atoms. The fraction of sp³-hybridized carbons (Fsp3) is 0.154. The highest BCUT2D eigenvalue weighted by atomic mass is 16.6. The number of methoxy groups -OCH3 is 1. The van der Waals surface area contributed by atoms with Crippen molar-refractivity contribution in [2.24, 2.45) is 0 Å². The minimum atomic E-state index is -0.390. The van der Waals surface area contributed by atoms with E-state index < -0.39 is 0 Å². The molecule has 0 radical (unpaired) electrons. The second-order valence-electron chi connectivity index (χ2n) is 3.38. The van der Waals surface area contributed by atoms with Crippen molar-refractivity contribution in [2.45, 2.75) is 0 Å². The summed E-state index contributed by atoms with van der Waals surface area (Å²) in [6, 6.07) is 13.4. The predicted octanol–water partition coefficient (Wildman–Crippen LogP) is 2.39. The van der Waals surface area contributed by atoms with Crippen LogP contribution in [0.2, 0.25) is 0 Å². The first-order valence-electron chi connectivity index (χ1n) is 4.98. The summed E-state index contributed by atoms with van der Waals surface area (Å²) in [6.07, 6.45) is 0. The van der Waals surface area contributed by atoms with E-state index in [0.29, 0.717) is 5.75 Å². The molecule has 0 aliphatic carbocycles. The minimum absolute atomic E-state index is 0.0385. The van der Waals surface area contributed by atoms with Crippen molar-refractivity contribution < 1.29 is 14.3 Å². The van der Waals surface area contributed by atoms with E-state index in [1.165, 1.54) is 7.11 Å². The standard InChI is InChI=1S/C13H12O3/c1-15-9-13(14)16-12-8-4-6-10-5-2-3-7-11(10)12/h2-8H,9H2,1H3. The van der Waals surface area contributed by atoms with Gasteiger partial charge in [0.25, 0.3) is 0 Å². The molecular weight excluding hydrogens is 204 g/mol. The Labute approximate surface area is 93.6 Å². The minimum Gasteiger partial charge on any atom is -0.424 e. The van der Waals surface area contributed by atoms with Gasteiger partial charge in [-0.25, -0.2) is 4.79 Å². The number of benzene rings is 2. The van der Waals surface area contributed by atoms with Crippen LogP contribution in [-0.2, 0) is 9.53 Å². The molecule has 3 heteroatoms. The van der Waals surface area contributed by atoms with Gasteiger partial charge in [0, 0.05) is 12.5 Å². The zero-order valence-corrected chi connectivity index (χ0v) is 8.97. The van der Waals surface area contributed by atoms with Crippen molar-refractivity contribution in [1.82, 2.24) is 0 Å². The van der Waals surface area contributed by atoms with Gasteiger partial charge in [-0.15, -0.1) is 0 Å². The molecule has 0 N–H and O–H groups in total. The topological polar surface area (TPSA) is 35.5 Å². The maximum absolute atomic E-state index is 11.3. The van der Waals surface area contributed by atoms with Gasteiger partial charge in [0.15, 0.2) is 0 Å². The smallest absolute Gasteiger partial charge is 0.337 e. The van der Waals surface area contributed by atoms with Crippen molar-refractivity contribution in [3.63, 3.8) is 0 Å². The first kappa shape index (κ1) is 10.6. The molecule has 0 fully saturated rings. The molecule has 2 rings (SSSR count). The fourth-order valence-corrected chi connectivity index (χ4v) is 1.55. The number of rotatable bonds is 3. The van der Waals surface area contributed by atoms with Crippen LogP contribution < -0.4 is 4.74 Å². The summed E-state index contributed by atoms with van der Waals surface area (Å²) in [5, 5.41) is 1.97. The Hall–Kier alpha value is -1.87. The van der Waals surface area contributed by atoms with Crippen LogP contribution in [0.25, 0.3) is 10.8 Å². The molecule has 0 amide bonds. The number of carbonyl (C=O) groups is 1. The average Bonchev–Trinajstić information content (AvgIpc) is 2.30. The quantitative estimate of drug-likeness (QED) is 0.583. The van der Waals surface area contributed by atoms with E-state index in [-0.39, 0.29) is 12.6 Å². The molecule has 0 heterocycles. The number of hydrogen-bond donors (Lipinski definition) is 0. The molecule has 82 valence electrons. The normalized spacial score (nSPS) is 10.3. The van der Waals surface area contributed by atoms with E-state index in [2.05, 4.69) is 0 Å². The third-order valence-electron chi connectivity index (χ3n) is 2.24. The second kappa shape index (κ2) is 4.77. The van der Waals surface area contributed by atoms with E-state index in [1.54, 1.807) is 6.07 Å². The lowest BCUT2D eigenvalue weighted by Gasteiger charge is -2.06. The van der Waals surface area contributed by atoms with Crippen molar-refractivity contribution in [3.05, 3.63) is 42.5 Å². The SMILES string of the molecule is COCC(=O)Oc1cccc2ccccc12. The molecule has 0 aromatic heterocycles. The average molecular weight is 216 g/mol. The molecule has 2 aromatic carbocycles. The summed E-state index contributed by atoms with van der Waals surface area (Å²) in [7, 11) is 1.46. The van der Waals surface area contributed by atoms with Crippen molar-refractivity contribution in [3.8, 4) is 5.75 Å². The largest absolute Gasteiger partial charge is 0.424 e. The molecule has 0 aliphatic rings. The van der Waals surface area contributed by atoms with E-state index >= 15 is 0 Å². The van der Waals surface area contributed by atoms with E-state index in [0.717, 1.165) is 10.8 Å². The lowest BCUT2D eigenvalue weighted by atomic mass is 10.1. The van der Waals surface area contributed by atoms with Gasteiger partial charge in [-0.2, -0.15) is 0 Å². The van der Waals surface area contributed by atoms with Gasteiger partial charge in [0.2, 0.25) is 0 Å². The number of esters is 1. The number of hydrogen-bond acceptors (Lipinski definition) is 3. The maximum Gasteiger partial charge on any atom is 0.337 e. The Kier molecular flexibility index (Phi) is 3.17. The third kappa shape index (κ3) is 2.20. The molecule has 0 unspecified atom stereocenters. The van der Waals surface area contributed by atoms with Gasteiger partial charge in [-0.3, -0.25) is 0 Å². The molecule has 0 atom stereocenters. The molecule has 0 bridgehead atoms. The van der Waals surface area contributed by atoms with E-state index in [9.17, 15) is 4.79 Å². The van der Waals surface area contributed by atoms with E-state index in [1.807, 2.05) is 36.4 Å². The summed E-state index contributed by atoms with van der Waals surface area (Å²) < 4.78 is 9.92. The first-order chi connectivity index (χ1) is 7.81. The highest BCUT2D eigenvalue weighted by Crippen LogP contribution is 2.25. The van der Waals surface area contributed by atoms with Gasteiger partial charge in [0.1, 0.15) is 12.4 Å². The van der Waals surface area contributed by atoms with Crippen LogP contribution in [0.15, 0.2) is 42.5 Å². The van der Waals surface area contributed by atoms with Crippen LogP contribution >= 0.6 is 0 Å². The molecule has 2 aromatic rings. The Morgan fingerprint density at radius 2 is 1.88 bits per heavy atom. The molecule has 0 aliphatic heterocycles. The fourth-order valence-electron chi connectivity index (χ4n) is 1.55. The molecular formula is C13H12O3. The Morgan fingerprint density at radius 1 is 1.12 bits per heavy atom. The monoisotopic (exact) mass is 216 g/mol. The zero-order chi connectivity index (χ0) is 11.4. The van der Waals surface area contributed by atoms with Crippen LogP contribution in [0, 0.1) is 0 Å². The lowest BCUT2D eigenvalue weighted by Crippen LogP contribution is -2.14. The number of ether oxygens (including phenoxy) is 2. The Bertz CT molecular complexity index is 500. The highest BCUT2D eigenvalue weighted by molar-refractivity contribution is 5.90. The number of carbonyl (C=O) groups excluding carboxylic acids is 1. The van der Waals surface area contributed by atoms with Crippen LogP contribution in [-0.4, -0.2) is 19.7 Å². The Balaban J connectivity index is 2.33. The first-order valence-corrected chi connectivity index (χ1v) is 4.98. The van der Waals surface area contributed by atoms with Crippen LogP contribution in [0.4, 0.5) is 0 Å². The van der Waals surface area contributed by atoms with Crippen LogP contribution in [0.5, 0.6) is 5.75 Å². The van der Waals surface area contributed by atoms with E-state index in [4.69, 9.17) is 9.47 Å². The maximum atomic E-state index is 11.3. The van der Waals surface area contributed by atoms with Crippen LogP contribution in [0.1, 0.15) is 0 Å². The summed E-state index contributed by atoms with van der Waals surface area (Å²) in [4.78, 5) is 11.3. The lowest BCUT2D eigenvalue weighted by molar-refractivity contribution is -0.138. The summed E-state index contributed by atoms with van der Waals surface area (Å²) in [5.41, 5.74) is 0. The van der Waals surface area contributed by atoms with Gasteiger partial charge in [-0.1, -0.05) is 36.4 Å².